The van der Waals surface area contributed by atoms with Gasteiger partial charge in [0.25, 0.3) is 0 Å². The molecular weight excluding hydrogens is 302 g/mol. The Morgan fingerprint density at radius 2 is 2.00 bits per heavy atom. The SMILES string of the molecule is O=S(=O)(CCc1ccc(Br)cc1)C1CCNC1. The molecule has 1 atom stereocenters. The van der Waals surface area contributed by atoms with Crippen molar-refractivity contribution in [3.05, 3.63) is 34.3 Å². The average Bonchev–Trinajstić information content (AvgIpc) is 2.82. The molecule has 5 heteroatoms. The number of hydrogen-bond donors (Lipinski definition) is 1. The van der Waals surface area contributed by atoms with E-state index in [0.717, 1.165) is 23.0 Å². The van der Waals surface area contributed by atoms with Crippen molar-refractivity contribution in [2.45, 2.75) is 18.1 Å². The van der Waals surface area contributed by atoms with Crippen LogP contribution in [0, 0.1) is 0 Å². The average molecular weight is 318 g/mol. The zero-order valence-corrected chi connectivity index (χ0v) is 11.9. The van der Waals surface area contributed by atoms with Crippen molar-refractivity contribution >= 4 is 25.8 Å². The maximum Gasteiger partial charge on any atom is 0.154 e. The molecule has 1 aliphatic heterocycles. The van der Waals surface area contributed by atoms with Gasteiger partial charge in [0.15, 0.2) is 9.84 Å². The zero-order valence-electron chi connectivity index (χ0n) is 9.52. The van der Waals surface area contributed by atoms with Crippen LogP contribution >= 0.6 is 15.9 Å². The predicted molar refractivity (Wildman–Crippen MR) is 72.9 cm³/mol. The first kappa shape index (κ1) is 13.1. The van der Waals surface area contributed by atoms with Gasteiger partial charge in [-0.05, 0) is 37.1 Å². The lowest BCUT2D eigenvalue weighted by Crippen LogP contribution is -2.27. The van der Waals surface area contributed by atoms with Gasteiger partial charge in [0.1, 0.15) is 0 Å². The van der Waals surface area contributed by atoms with Gasteiger partial charge in [0.05, 0.1) is 11.0 Å². The lowest BCUT2D eigenvalue weighted by molar-refractivity contribution is 0.582. The predicted octanol–water partition coefficient (Wildman–Crippen LogP) is 1.77. The molecule has 17 heavy (non-hydrogen) atoms. The molecule has 1 N–H and O–H groups in total. The number of hydrogen-bond acceptors (Lipinski definition) is 3. The molecule has 0 radical (unpaired) electrons. The van der Waals surface area contributed by atoms with Crippen LogP contribution in [0.15, 0.2) is 28.7 Å². The van der Waals surface area contributed by atoms with Gasteiger partial charge in [-0.15, -0.1) is 0 Å². The highest BCUT2D eigenvalue weighted by Crippen LogP contribution is 2.15. The fourth-order valence-electron chi connectivity index (χ4n) is 2.01. The fourth-order valence-corrected chi connectivity index (χ4v) is 3.98. The van der Waals surface area contributed by atoms with Gasteiger partial charge in [-0.2, -0.15) is 0 Å². The highest BCUT2D eigenvalue weighted by molar-refractivity contribution is 9.10. The van der Waals surface area contributed by atoms with E-state index in [-0.39, 0.29) is 11.0 Å². The largest absolute Gasteiger partial charge is 0.315 e. The Balaban J connectivity index is 1.95. The molecule has 0 amide bonds. The van der Waals surface area contributed by atoms with Crippen molar-refractivity contribution in [1.82, 2.24) is 5.32 Å². The molecule has 3 nitrogen and oxygen atoms in total. The second-order valence-electron chi connectivity index (χ2n) is 4.36. The van der Waals surface area contributed by atoms with Crippen molar-refractivity contribution in [2.75, 3.05) is 18.8 Å². The van der Waals surface area contributed by atoms with E-state index in [2.05, 4.69) is 21.2 Å². The Morgan fingerprint density at radius 1 is 1.29 bits per heavy atom. The van der Waals surface area contributed by atoms with Crippen LogP contribution in [0.2, 0.25) is 0 Å². The molecule has 1 unspecified atom stereocenters. The van der Waals surface area contributed by atoms with Gasteiger partial charge in [0.2, 0.25) is 0 Å². The minimum absolute atomic E-state index is 0.182. The summed E-state index contributed by atoms with van der Waals surface area (Å²) in [6, 6.07) is 7.82. The molecule has 1 aromatic carbocycles. The summed E-state index contributed by atoms with van der Waals surface area (Å²) in [6.07, 6.45) is 1.36. The normalized spacial score (nSPS) is 20.6. The molecule has 0 spiro atoms. The van der Waals surface area contributed by atoms with E-state index in [1.165, 1.54) is 0 Å². The molecule has 0 bridgehead atoms. The van der Waals surface area contributed by atoms with E-state index < -0.39 is 9.84 Å². The molecule has 1 saturated heterocycles. The van der Waals surface area contributed by atoms with E-state index in [1.54, 1.807) is 0 Å². The van der Waals surface area contributed by atoms with E-state index in [4.69, 9.17) is 0 Å². The molecule has 94 valence electrons. The lowest BCUT2D eigenvalue weighted by atomic mass is 10.2. The summed E-state index contributed by atoms with van der Waals surface area (Å²) in [5.41, 5.74) is 1.07. The van der Waals surface area contributed by atoms with E-state index in [0.29, 0.717) is 13.0 Å². The summed E-state index contributed by atoms with van der Waals surface area (Å²) in [5, 5.41) is 2.92. The smallest absolute Gasteiger partial charge is 0.154 e. The van der Waals surface area contributed by atoms with Crippen LogP contribution in [0.4, 0.5) is 0 Å². The number of benzene rings is 1. The third-order valence-electron chi connectivity index (χ3n) is 3.11. The summed E-state index contributed by atoms with van der Waals surface area (Å²) in [4.78, 5) is 0. The number of halogens is 1. The standard InChI is InChI=1S/C12H16BrNO2S/c13-11-3-1-10(2-4-11)6-8-17(15,16)12-5-7-14-9-12/h1-4,12,14H,5-9H2. The van der Waals surface area contributed by atoms with Crippen LogP contribution in [-0.4, -0.2) is 32.5 Å². The molecule has 1 aliphatic rings. The van der Waals surface area contributed by atoms with E-state index in [9.17, 15) is 8.42 Å². The molecule has 0 saturated carbocycles. The van der Waals surface area contributed by atoms with Crippen LogP contribution in [-0.2, 0) is 16.3 Å². The number of aryl methyl sites for hydroxylation is 1. The van der Waals surface area contributed by atoms with E-state index >= 15 is 0 Å². The Bertz CT molecular complexity index is 464. The first-order chi connectivity index (χ1) is 8.08. The van der Waals surface area contributed by atoms with Gasteiger partial charge < -0.3 is 5.32 Å². The number of rotatable bonds is 4. The third kappa shape index (κ3) is 3.53. The summed E-state index contributed by atoms with van der Waals surface area (Å²) in [6.45, 7) is 1.44. The molecule has 1 heterocycles. The summed E-state index contributed by atoms with van der Waals surface area (Å²) >= 11 is 3.36. The van der Waals surface area contributed by atoms with Crippen molar-refractivity contribution in [3.63, 3.8) is 0 Å². The highest BCUT2D eigenvalue weighted by atomic mass is 79.9. The van der Waals surface area contributed by atoms with Gasteiger partial charge in [-0.3, -0.25) is 0 Å². The molecule has 0 aliphatic carbocycles. The Kier molecular flexibility index (Phi) is 4.22. The Hall–Kier alpha value is -0.390. The second kappa shape index (κ2) is 5.50. The maximum atomic E-state index is 12.0. The number of nitrogens with one attached hydrogen (secondary N) is 1. The topological polar surface area (TPSA) is 46.2 Å². The van der Waals surface area contributed by atoms with Crippen LogP contribution in [0.3, 0.4) is 0 Å². The van der Waals surface area contributed by atoms with E-state index in [1.807, 2.05) is 24.3 Å². The fraction of sp³-hybridized carbons (Fsp3) is 0.500. The zero-order chi connectivity index (χ0) is 12.3. The minimum Gasteiger partial charge on any atom is -0.315 e. The third-order valence-corrected chi connectivity index (χ3v) is 5.83. The van der Waals surface area contributed by atoms with Crippen molar-refractivity contribution < 1.29 is 8.42 Å². The molecule has 1 fully saturated rings. The summed E-state index contributed by atoms with van der Waals surface area (Å²) in [5.74, 6) is 0.251. The van der Waals surface area contributed by atoms with Gasteiger partial charge in [-0.25, -0.2) is 8.42 Å². The summed E-state index contributed by atoms with van der Waals surface area (Å²) < 4.78 is 25.1. The van der Waals surface area contributed by atoms with Gasteiger partial charge in [-0.1, -0.05) is 28.1 Å². The number of sulfone groups is 1. The van der Waals surface area contributed by atoms with Gasteiger partial charge >= 0.3 is 0 Å². The molecule has 1 aromatic rings. The monoisotopic (exact) mass is 317 g/mol. The van der Waals surface area contributed by atoms with Crippen molar-refractivity contribution in [2.24, 2.45) is 0 Å². The molecule has 2 rings (SSSR count). The van der Waals surface area contributed by atoms with Crippen molar-refractivity contribution in [3.8, 4) is 0 Å². The Morgan fingerprint density at radius 3 is 2.59 bits per heavy atom. The van der Waals surface area contributed by atoms with Crippen LogP contribution < -0.4 is 5.32 Å². The van der Waals surface area contributed by atoms with Crippen LogP contribution in [0.1, 0.15) is 12.0 Å². The lowest BCUT2D eigenvalue weighted by Gasteiger charge is -2.10. The summed E-state index contributed by atoms with van der Waals surface area (Å²) in [7, 11) is -2.94. The first-order valence-electron chi connectivity index (χ1n) is 5.75. The van der Waals surface area contributed by atoms with Gasteiger partial charge in [0, 0.05) is 11.0 Å². The Labute approximate surface area is 111 Å². The van der Waals surface area contributed by atoms with Crippen LogP contribution in [0.5, 0.6) is 0 Å². The maximum absolute atomic E-state index is 12.0. The second-order valence-corrected chi connectivity index (χ2v) is 7.67. The quantitative estimate of drug-likeness (QED) is 0.920. The molecule has 0 aromatic heterocycles. The minimum atomic E-state index is -2.94. The first-order valence-corrected chi connectivity index (χ1v) is 8.25. The van der Waals surface area contributed by atoms with Crippen molar-refractivity contribution in [1.29, 1.82) is 0 Å². The molecular formula is C12H16BrNO2S. The highest BCUT2D eigenvalue weighted by Gasteiger charge is 2.27. The van der Waals surface area contributed by atoms with Crippen LogP contribution in [0.25, 0.3) is 0 Å².